The molecule has 0 atom stereocenters. The van der Waals surface area contributed by atoms with Crippen LogP contribution < -0.4 is 40.7 Å². The first-order valence-electron chi connectivity index (χ1n) is 23.0. The Balaban J connectivity index is 0.00000588. The quantitative estimate of drug-likeness (QED) is 0.0810. The summed E-state index contributed by atoms with van der Waals surface area (Å²) in [6, 6.07) is 13.2. The minimum absolute atomic E-state index is 0. The van der Waals surface area contributed by atoms with Gasteiger partial charge in [0.2, 0.25) is 0 Å². The molecule has 0 spiro atoms. The Morgan fingerprint density at radius 3 is 0.514 bits per heavy atom. The summed E-state index contributed by atoms with van der Waals surface area (Å²) < 4.78 is 279. The van der Waals surface area contributed by atoms with E-state index >= 15 is 70.2 Å². The van der Waals surface area contributed by atoms with Gasteiger partial charge in [-0.1, -0.05) is 72.8 Å². The Hall–Kier alpha value is -6.70. The normalized spacial score (nSPS) is 13.9. The van der Waals surface area contributed by atoms with Crippen molar-refractivity contribution < 1.29 is 89.1 Å². The van der Waals surface area contributed by atoms with Crippen molar-refractivity contribution >= 4 is 28.0 Å². The maximum atomic E-state index is 17.8. The average Bonchev–Trinajstić information content (AvgIpc) is 3.32. The van der Waals surface area contributed by atoms with E-state index in [2.05, 4.69) is 0 Å². The third kappa shape index (κ3) is 6.66. The van der Waals surface area contributed by atoms with Crippen LogP contribution in [0.1, 0.15) is 44.5 Å². The van der Waals surface area contributed by atoms with E-state index in [9.17, 15) is 0 Å². The summed E-state index contributed by atoms with van der Waals surface area (Å²) in [4.78, 5) is 0. The smallest absolute Gasteiger partial charge is 0.207 e. The standard InChI is InChI=1S/C56H28BF16.Li/c58-41-33(29-13-5-21-1-9-25(21)17-29)42(59)50(67)37(49(41)66)57(38-51(68)43(60)34(44(61)52(38)69)30-14-6-22-2-10-26(22)18-30,39-53(70)45(62)35(46(63)54(39)71)31-15-7-23-3-11-27(23)19-31)40-55(72)47(64)36(48(65)56(40)73)32-16-8-24-4-12-28(24)20-32;/h5-8,13-20H,1-4,9-12H2;/q-1;+1. The zero-order valence-electron chi connectivity index (χ0n) is 38.2. The predicted molar refractivity (Wildman–Crippen MR) is 241 cm³/mol. The van der Waals surface area contributed by atoms with Crippen LogP contribution in [-0.4, -0.2) is 6.15 Å². The van der Waals surface area contributed by atoms with Crippen molar-refractivity contribution in [2.75, 3.05) is 0 Å². The molecule has 4 aliphatic rings. The molecule has 0 heterocycles. The van der Waals surface area contributed by atoms with Gasteiger partial charge in [0.15, 0.2) is 46.5 Å². The summed E-state index contributed by atoms with van der Waals surface area (Å²) in [5.74, 6) is -46.0. The molecular formula is C56H28BF16Li. The van der Waals surface area contributed by atoms with Crippen molar-refractivity contribution in [2.45, 2.75) is 51.4 Å². The van der Waals surface area contributed by atoms with E-state index in [1.54, 1.807) is 0 Å². The molecule has 18 heteroatoms. The average molecular weight is 1020 g/mol. The summed E-state index contributed by atoms with van der Waals surface area (Å²) in [6.07, 6.45) is -3.85. The van der Waals surface area contributed by atoms with Crippen LogP contribution in [0.4, 0.5) is 70.2 Å². The number of fused-ring (bicyclic) bond motifs is 4. The van der Waals surface area contributed by atoms with Crippen molar-refractivity contribution in [2.24, 2.45) is 0 Å². The minimum Gasteiger partial charge on any atom is -0.207 e. The molecule has 0 unspecified atom stereocenters. The van der Waals surface area contributed by atoms with Crippen molar-refractivity contribution in [1.82, 2.24) is 0 Å². The fourth-order valence-corrected chi connectivity index (χ4v) is 11.4. The molecule has 0 fully saturated rings. The van der Waals surface area contributed by atoms with E-state index in [-0.39, 0.29) is 44.5 Å². The first-order chi connectivity index (χ1) is 34.9. The monoisotopic (exact) mass is 1020 g/mol. The van der Waals surface area contributed by atoms with Gasteiger partial charge < -0.3 is 0 Å². The van der Waals surface area contributed by atoms with E-state index in [1.165, 1.54) is 24.3 Å². The van der Waals surface area contributed by atoms with Gasteiger partial charge in [-0.15, -0.1) is 21.9 Å². The van der Waals surface area contributed by atoms with Crippen molar-refractivity contribution in [3.63, 3.8) is 0 Å². The van der Waals surface area contributed by atoms with E-state index in [4.69, 9.17) is 0 Å². The second-order valence-corrected chi connectivity index (χ2v) is 19.0. The van der Waals surface area contributed by atoms with Gasteiger partial charge in [-0.05, 0) is 118 Å². The number of hydrogen-bond acceptors (Lipinski definition) is 0. The van der Waals surface area contributed by atoms with Gasteiger partial charge in [0.25, 0.3) is 0 Å². The van der Waals surface area contributed by atoms with E-state index in [0.717, 1.165) is 48.5 Å². The zero-order valence-corrected chi connectivity index (χ0v) is 38.2. The van der Waals surface area contributed by atoms with Crippen LogP contribution >= 0.6 is 0 Å². The van der Waals surface area contributed by atoms with Gasteiger partial charge in [-0.2, -0.15) is 0 Å². The Bertz CT molecular complexity index is 3240. The molecule has 8 aromatic rings. The molecule has 0 saturated heterocycles. The maximum Gasteiger partial charge on any atom is 1.00 e. The SMILES string of the molecule is Fc1c(F)c([B-](c2c(F)c(F)c(-c3ccc4c(c3)CC4)c(F)c2F)(c2c(F)c(F)c(-c3ccc4c(c3)CC4)c(F)c2F)c2c(F)c(F)c(-c3ccc4c(c3)CC4)c(F)c2F)c(F)c(F)c1-c1ccc2c(c1)CC2.[Li+]. The van der Waals surface area contributed by atoms with Gasteiger partial charge in [0, 0.05) is 0 Å². The zero-order chi connectivity index (χ0) is 51.4. The maximum absolute atomic E-state index is 17.8. The molecule has 0 nitrogen and oxygen atoms in total. The summed E-state index contributed by atoms with van der Waals surface area (Å²) in [6.45, 7) is 0. The molecule has 0 aliphatic heterocycles. The van der Waals surface area contributed by atoms with Gasteiger partial charge >= 0.3 is 18.9 Å². The first-order valence-corrected chi connectivity index (χ1v) is 23.0. The van der Waals surface area contributed by atoms with Crippen LogP contribution in [0.15, 0.2) is 72.8 Å². The number of benzene rings is 8. The summed E-state index contributed by atoms with van der Waals surface area (Å²) >= 11 is 0. The van der Waals surface area contributed by atoms with Crippen molar-refractivity contribution in [3.8, 4) is 44.5 Å². The third-order valence-corrected chi connectivity index (χ3v) is 15.6. The Morgan fingerprint density at radius 2 is 0.378 bits per heavy atom. The minimum atomic E-state index is -6.86. The largest absolute Gasteiger partial charge is 1.00 e. The molecule has 0 N–H and O–H groups in total. The Labute approximate surface area is 421 Å². The molecule has 8 aromatic carbocycles. The fraction of sp³-hybridized carbons (Fsp3) is 0.143. The Kier molecular flexibility index (Phi) is 11.7. The van der Waals surface area contributed by atoms with Crippen LogP contribution in [0.2, 0.25) is 0 Å². The number of halogens is 16. The predicted octanol–water partition coefficient (Wildman–Crippen LogP) is 9.36. The van der Waals surface area contributed by atoms with Crippen molar-refractivity contribution in [1.29, 1.82) is 0 Å². The fourth-order valence-electron chi connectivity index (χ4n) is 11.4. The number of rotatable bonds is 8. The second kappa shape index (κ2) is 17.4. The van der Waals surface area contributed by atoms with E-state index in [0.29, 0.717) is 70.2 Å². The van der Waals surface area contributed by atoms with Gasteiger partial charge in [0.1, 0.15) is 52.7 Å². The van der Waals surface area contributed by atoms with Crippen LogP contribution in [0.25, 0.3) is 44.5 Å². The molecule has 0 saturated carbocycles. The molecule has 0 aromatic heterocycles. The molecule has 368 valence electrons. The van der Waals surface area contributed by atoms with Crippen molar-refractivity contribution in [3.05, 3.63) is 210 Å². The Morgan fingerprint density at radius 1 is 0.216 bits per heavy atom. The van der Waals surface area contributed by atoms with E-state index in [1.807, 2.05) is 0 Å². The second-order valence-electron chi connectivity index (χ2n) is 19.0. The first kappa shape index (κ1) is 49.5. The van der Waals surface area contributed by atoms with Crippen LogP contribution in [0.5, 0.6) is 0 Å². The third-order valence-electron chi connectivity index (χ3n) is 15.6. The molecule has 4 aliphatic carbocycles. The van der Waals surface area contributed by atoms with Crippen LogP contribution in [0.3, 0.4) is 0 Å². The summed E-state index contributed by atoms with van der Waals surface area (Å²) in [5.41, 5.74) is -17.2. The summed E-state index contributed by atoms with van der Waals surface area (Å²) in [5, 5.41) is 0. The van der Waals surface area contributed by atoms with Crippen LogP contribution in [0, 0.1) is 93.1 Å². The molecule has 74 heavy (non-hydrogen) atoms. The van der Waals surface area contributed by atoms with Crippen LogP contribution in [-0.2, 0) is 51.4 Å². The number of aryl methyl sites for hydroxylation is 8. The molecule has 12 rings (SSSR count). The number of hydrogen-bond donors (Lipinski definition) is 0. The topological polar surface area (TPSA) is 0 Å². The molecule has 0 bridgehead atoms. The molecule has 0 amide bonds. The summed E-state index contributed by atoms with van der Waals surface area (Å²) in [7, 11) is 0. The van der Waals surface area contributed by atoms with Gasteiger partial charge in [0.05, 0.1) is 22.3 Å². The molecule has 0 radical (unpaired) electrons. The van der Waals surface area contributed by atoms with E-state index < -0.39 is 166 Å². The molecular weight excluding hydrogens is 994 g/mol. The van der Waals surface area contributed by atoms with Gasteiger partial charge in [-0.3, -0.25) is 0 Å². The van der Waals surface area contributed by atoms with Gasteiger partial charge in [-0.25, -0.2) is 70.2 Å².